The Morgan fingerprint density at radius 3 is 2.64 bits per heavy atom. The number of carbonyl (C=O) groups excluding carboxylic acids is 1. The number of hydrogen-bond acceptors (Lipinski definition) is 6. The molecular weight excluding hydrogens is 348 g/mol. The second kappa shape index (κ2) is 7.03. The van der Waals surface area contributed by atoms with E-state index in [0.717, 1.165) is 4.31 Å². The lowest BCUT2D eigenvalue weighted by atomic mass is 10.1. The standard InChI is InChI=1S/C16H20N2O6S/c1-17-14(16(20)18-6-9-23-10-7-18)15(24-11-8-19)12-4-2-3-5-13(12)25(17,21)22/h2-5,19H,6-11H2,1H3. The van der Waals surface area contributed by atoms with E-state index in [-0.39, 0.29) is 29.6 Å². The molecule has 8 nitrogen and oxygen atoms in total. The van der Waals surface area contributed by atoms with Gasteiger partial charge in [0, 0.05) is 25.7 Å². The zero-order valence-electron chi connectivity index (χ0n) is 13.8. The molecule has 1 N–H and O–H groups in total. The van der Waals surface area contributed by atoms with Crippen molar-refractivity contribution in [2.24, 2.45) is 0 Å². The van der Waals surface area contributed by atoms with Gasteiger partial charge >= 0.3 is 0 Å². The van der Waals surface area contributed by atoms with Gasteiger partial charge in [-0.05, 0) is 12.1 Å². The van der Waals surface area contributed by atoms with Gasteiger partial charge in [0.05, 0.1) is 24.7 Å². The summed E-state index contributed by atoms with van der Waals surface area (Å²) in [5.74, 6) is -0.268. The second-order valence-electron chi connectivity index (χ2n) is 5.62. The maximum Gasteiger partial charge on any atom is 0.275 e. The number of aliphatic hydroxyl groups is 1. The van der Waals surface area contributed by atoms with Gasteiger partial charge in [-0.15, -0.1) is 0 Å². The van der Waals surface area contributed by atoms with Crippen molar-refractivity contribution in [3.63, 3.8) is 0 Å². The van der Waals surface area contributed by atoms with E-state index in [1.165, 1.54) is 13.1 Å². The Kier molecular flexibility index (Phi) is 4.98. The third kappa shape index (κ3) is 3.10. The summed E-state index contributed by atoms with van der Waals surface area (Å²) < 4.78 is 37.4. The van der Waals surface area contributed by atoms with Gasteiger partial charge in [0.2, 0.25) is 0 Å². The molecule has 0 atom stereocenters. The van der Waals surface area contributed by atoms with Crippen molar-refractivity contribution in [3.05, 3.63) is 35.5 Å². The smallest absolute Gasteiger partial charge is 0.275 e. The monoisotopic (exact) mass is 368 g/mol. The van der Waals surface area contributed by atoms with Crippen molar-refractivity contribution < 1.29 is 27.8 Å². The molecule has 1 fully saturated rings. The van der Waals surface area contributed by atoms with Crippen LogP contribution >= 0.6 is 0 Å². The zero-order valence-corrected chi connectivity index (χ0v) is 14.7. The Morgan fingerprint density at radius 1 is 1.28 bits per heavy atom. The van der Waals surface area contributed by atoms with Crippen LogP contribution in [0.5, 0.6) is 0 Å². The molecule has 0 spiro atoms. The molecule has 0 aliphatic carbocycles. The highest BCUT2D eigenvalue weighted by molar-refractivity contribution is 7.89. The minimum atomic E-state index is -3.86. The molecule has 0 bridgehead atoms. The molecule has 136 valence electrons. The van der Waals surface area contributed by atoms with Crippen molar-refractivity contribution in [2.75, 3.05) is 46.6 Å². The van der Waals surface area contributed by atoms with E-state index in [4.69, 9.17) is 14.6 Å². The highest BCUT2D eigenvalue weighted by atomic mass is 32.2. The molecule has 2 aliphatic rings. The number of morpholine rings is 1. The maximum atomic E-state index is 13.0. The number of likely N-dealkylation sites (N-methyl/N-ethyl adjacent to an activating group) is 1. The molecule has 1 saturated heterocycles. The first-order valence-corrected chi connectivity index (χ1v) is 9.35. The van der Waals surface area contributed by atoms with Crippen LogP contribution < -0.4 is 0 Å². The molecule has 2 aliphatic heterocycles. The van der Waals surface area contributed by atoms with E-state index in [1.54, 1.807) is 23.1 Å². The van der Waals surface area contributed by atoms with Gasteiger partial charge in [-0.3, -0.25) is 9.10 Å². The lowest BCUT2D eigenvalue weighted by Crippen LogP contribution is -2.46. The van der Waals surface area contributed by atoms with Crippen LogP contribution in [-0.4, -0.2) is 75.2 Å². The second-order valence-corrected chi connectivity index (χ2v) is 7.56. The van der Waals surface area contributed by atoms with E-state index in [2.05, 4.69) is 0 Å². The van der Waals surface area contributed by atoms with Crippen LogP contribution in [0.3, 0.4) is 0 Å². The Bertz CT molecular complexity index is 799. The number of fused-ring (bicyclic) bond motifs is 1. The van der Waals surface area contributed by atoms with E-state index >= 15 is 0 Å². The van der Waals surface area contributed by atoms with Crippen LogP contribution in [-0.2, 0) is 24.3 Å². The average Bonchev–Trinajstić information content (AvgIpc) is 2.64. The normalized spacial score (nSPS) is 19.6. The summed E-state index contributed by atoms with van der Waals surface area (Å²) in [5.41, 5.74) is 0.278. The van der Waals surface area contributed by atoms with Gasteiger partial charge in [0.1, 0.15) is 6.61 Å². The van der Waals surface area contributed by atoms with Crippen LogP contribution in [0.1, 0.15) is 5.56 Å². The zero-order chi connectivity index (χ0) is 18.0. The van der Waals surface area contributed by atoms with Crippen molar-refractivity contribution in [2.45, 2.75) is 4.90 Å². The van der Waals surface area contributed by atoms with Crippen LogP contribution in [0.25, 0.3) is 5.76 Å². The van der Waals surface area contributed by atoms with Gasteiger partial charge in [-0.2, -0.15) is 0 Å². The third-order valence-corrected chi connectivity index (χ3v) is 5.95. The Morgan fingerprint density at radius 2 is 1.96 bits per heavy atom. The van der Waals surface area contributed by atoms with Crippen LogP contribution in [0.15, 0.2) is 34.9 Å². The third-order valence-electron chi connectivity index (χ3n) is 4.14. The summed E-state index contributed by atoms with van der Waals surface area (Å²) in [6.45, 7) is 1.27. The molecule has 3 rings (SSSR count). The lowest BCUT2D eigenvalue weighted by Gasteiger charge is -2.34. The molecule has 1 aromatic rings. The number of aliphatic hydroxyl groups excluding tert-OH is 1. The van der Waals surface area contributed by atoms with Crippen LogP contribution in [0, 0.1) is 0 Å². The van der Waals surface area contributed by atoms with Crippen molar-refractivity contribution in [1.29, 1.82) is 0 Å². The SMILES string of the molecule is CN1C(C(=O)N2CCOCC2)=C(OCCO)c2ccccc2S1(=O)=O. The minimum absolute atomic E-state index is 0.0442. The molecule has 0 aromatic heterocycles. The van der Waals surface area contributed by atoms with E-state index < -0.39 is 15.9 Å². The summed E-state index contributed by atoms with van der Waals surface area (Å²) in [4.78, 5) is 14.6. The van der Waals surface area contributed by atoms with Gasteiger partial charge in [-0.25, -0.2) is 8.42 Å². The summed E-state index contributed by atoms with van der Waals surface area (Å²) in [6, 6.07) is 6.36. The summed E-state index contributed by atoms with van der Waals surface area (Å²) in [6.07, 6.45) is 0. The van der Waals surface area contributed by atoms with Crippen molar-refractivity contribution >= 4 is 21.7 Å². The number of nitrogens with zero attached hydrogens (tertiary/aromatic N) is 2. The predicted octanol–water partition coefficient (Wildman–Crippen LogP) is -0.143. The molecule has 0 saturated carbocycles. The molecule has 0 radical (unpaired) electrons. The van der Waals surface area contributed by atoms with Gasteiger partial charge in [0.25, 0.3) is 15.9 Å². The highest BCUT2D eigenvalue weighted by Crippen LogP contribution is 2.37. The average molecular weight is 368 g/mol. The number of ether oxygens (including phenoxy) is 2. The fraction of sp³-hybridized carbons (Fsp3) is 0.438. The van der Waals surface area contributed by atoms with Crippen LogP contribution in [0.4, 0.5) is 0 Å². The summed E-state index contributed by atoms with van der Waals surface area (Å²) in [7, 11) is -2.52. The molecule has 1 amide bonds. The molecule has 9 heteroatoms. The van der Waals surface area contributed by atoms with Gasteiger partial charge in [-0.1, -0.05) is 12.1 Å². The Labute approximate surface area is 146 Å². The Balaban J connectivity index is 2.14. The first-order chi connectivity index (χ1) is 12.0. The fourth-order valence-electron chi connectivity index (χ4n) is 2.86. The number of carbonyl (C=O) groups is 1. The minimum Gasteiger partial charge on any atom is -0.488 e. The molecule has 25 heavy (non-hydrogen) atoms. The maximum absolute atomic E-state index is 13.0. The number of sulfonamides is 1. The first-order valence-electron chi connectivity index (χ1n) is 7.91. The molecular formula is C16H20N2O6S. The quantitative estimate of drug-likeness (QED) is 0.795. The van der Waals surface area contributed by atoms with E-state index in [9.17, 15) is 13.2 Å². The van der Waals surface area contributed by atoms with E-state index in [0.29, 0.717) is 31.9 Å². The summed E-state index contributed by atoms with van der Waals surface area (Å²) in [5, 5.41) is 9.10. The number of hydrogen-bond donors (Lipinski definition) is 1. The van der Waals surface area contributed by atoms with Gasteiger partial charge < -0.3 is 19.5 Å². The fourth-order valence-corrected chi connectivity index (χ4v) is 4.24. The van der Waals surface area contributed by atoms with Gasteiger partial charge in [0.15, 0.2) is 11.5 Å². The summed E-state index contributed by atoms with van der Waals surface area (Å²) >= 11 is 0. The lowest BCUT2D eigenvalue weighted by molar-refractivity contribution is -0.132. The highest BCUT2D eigenvalue weighted by Gasteiger charge is 2.40. The largest absolute Gasteiger partial charge is 0.488 e. The van der Waals surface area contributed by atoms with E-state index in [1.807, 2.05) is 0 Å². The first kappa shape index (κ1) is 17.7. The number of rotatable bonds is 4. The molecule has 0 unspecified atom stereocenters. The number of amides is 1. The van der Waals surface area contributed by atoms with Crippen molar-refractivity contribution in [1.82, 2.24) is 9.21 Å². The number of benzene rings is 1. The Hall–Kier alpha value is -2.10. The topological polar surface area (TPSA) is 96.4 Å². The van der Waals surface area contributed by atoms with Crippen LogP contribution in [0.2, 0.25) is 0 Å². The van der Waals surface area contributed by atoms with Crippen molar-refractivity contribution in [3.8, 4) is 0 Å². The molecule has 1 aromatic carbocycles. The molecule has 2 heterocycles. The predicted molar refractivity (Wildman–Crippen MR) is 88.7 cm³/mol.